The molecule has 0 aliphatic rings. The molecule has 0 N–H and O–H groups in total. The lowest BCUT2D eigenvalue weighted by molar-refractivity contribution is -0.152. The maximum absolute atomic E-state index is 10.9. The number of carbonyl (C=O) groups excluding carboxylic acids is 1. The van der Waals surface area contributed by atoms with Crippen LogP contribution in [0, 0.1) is 5.92 Å². The van der Waals surface area contributed by atoms with E-state index in [4.69, 9.17) is 4.74 Å². The summed E-state index contributed by atoms with van der Waals surface area (Å²) in [5.74, 6) is -0.108. The molecule has 0 aliphatic carbocycles. The summed E-state index contributed by atoms with van der Waals surface area (Å²) >= 11 is 0. The van der Waals surface area contributed by atoms with Crippen LogP contribution >= 0.6 is 0 Å². The van der Waals surface area contributed by atoms with Crippen LogP contribution in [0.3, 0.4) is 0 Å². The van der Waals surface area contributed by atoms with E-state index < -0.39 is 0 Å². The summed E-state index contributed by atoms with van der Waals surface area (Å²) in [6.45, 7) is 7.58. The highest BCUT2D eigenvalue weighted by atomic mass is 16.5. The highest BCUT2D eigenvalue weighted by Crippen LogP contribution is 2.02. The van der Waals surface area contributed by atoms with Crippen molar-refractivity contribution in [1.29, 1.82) is 0 Å². The molecule has 10 heavy (non-hydrogen) atoms. The van der Waals surface area contributed by atoms with Crippen molar-refractivity contribution >= 4 is 5.97 Å². The number of hydrogen-bond acceptors (Lipinski definition) is 2. The minimum atomic E-state index is -0.102. The number of rotatable bonds is 3. The van der Waals surface area contributed by atoms with Gasteiger partial charge in [0.15, 0.2) is 0 Å². The molecule has 2 nitrogen and oxygen atoms in total. The van der Waals surface area contributed by atoms with E-state index in [0.717, 1.165) is 6.42 Å². The molecule has 0 bridgehead atoms. The van der Waals surface area contributed by atoms with Crippen LogP contribution in [0.5, 0.6) is 0 Å². The van der Waals surface area contributed by atoms with Gasteiger partial charge in [0.2, 0.25) is 0 Å². The largest absolute Gasteiger partial charge is 0.462 e. The van der Waals surface area contributed by atoms with Gasteiger partial charge in [-0.3, -0.25) is 4.79 Å². The number of esters is 1. The van der Waals surface area contributed by atoms with E-state index in [9.17, 15) is 4.79 Å². The summed E-state index contributed by atoms with van der Waals surface area (Å²) < 4.78 is 5.02. The smallest absolute Gasteiger partial charge is 0.308 e. The van der Waals surface area contributed by atoms with Gasteiger partial charge in [0.05, 0.1) is 12.0 Å². The molecule has 0 rings (SSSR count). The Balaban J connectivity index is 3.57. The van der Waals surface area contributed by atoms with E-state index in [1.807, 2.05) is 27.7 Å². The molecule has 0 saturated heterocycles. The van der Waals surface area contributed by atoms with E-state index in [1.54, 1.807) is 0 Å². The van der Waals surface area contributed by atoms with Crippen molar-refractivity contribution in [2.24, 2.45) is 5.92 Å². The van der Waals surface area contributed by atoms with Crippen molar-refractivity contribution < 1.29 is 9.53 Å². The van der Waals surface area contributed by atoms with Gasteiger partial charge in [0.25, 0.3) is 0 Å². The minimum Gasteiger partial charge on any atom is -0.462 e. The molecule has 0 heterocycles. The highest BCUT2D eigenvalue weighted by molar-refractivity contribution is 5.71. The number of carbonyl (C=O) groups is 1. The Morgan fingerprint density at radius 3 is 2.20 bits per heavy atom. The second-order valence-corrected chi connectivity index (χ2v) is 2.81. The molecule has 0 fully saturated rings. The van der Waals surface area contributed by atoms with E-state index in [2.05, 4.69) is 0 Å². The third-order valence-electron chi connectivity index (χ3n) is 1.36. The van der Waals surface area contributed by atoms with Crippen LogP contribution in [0.1, 0.15) is 34.1 Å². The van der Waals surface area contributed by atoms with Gasteiger partial charge < -0.3 is 4.74 Å². The number of ether oxygens (including phenoxy) is 1. The van der Waals surface area contributed by atoms with Crippen LogP contribution in [-0.4, -0.2) is 12.1 Å². The van der Waals surface area contributed by atoms with Crippen LogP contribution in [0.4, 0.5) is 0 Å². The quantitative estimate of drug-likeness (QED) is 0.566. The predicted octanol–water partition coefficient (Wildman–Crippen LogP) is 1.98. The van der Waals surface area contributed by atoms with Gasteiger partial charge in [-0.2, -0.15) is 0 Å². The number of hydrogen-bond donors (Lipinski definition) is 0. The average Bonchev–Trinajstić information content (AvgIpc) is 1.87. The third kappa shape index (κ3) is 3.49. The fourth-order valence-corrected chi connectivity index (χ4v) is 0.418. The SMILES string of the molecule is CC[C@H](C)OC(=O)C(C)C. The lowest BCUT2D eigenvalue weighted by Crippen LogP contribution is -2.18. The van der Waals surface area contributed by atoms with Crippen LogP contribution < -0.4 is 0 Å². The lowest BCUT2D eigenvalue weighted by Gasteiger charge is -2.11. The van der Waals surface area contributed by atoms with E-state index >= 15 is 0 Å². The second-order valence-electron chi connectivity index (χ2n) is 2.81. The van der Waals surface area contributed by atoms with Crippen LogP contribution in [-0.2, 0) is 9.53 Å². The Kier molecular flexibility index (Phi) is 4.08. The molecule has 1 atom stereocenters. The van der Waals surface area contributed by atoms with Crippen molar-refractivity contribution in [3.8, 4) is 0 Å². The van der Waals surface area contributed by atoms with Gasteiger partial charge in [-0.25, -0.2) is 0 Å². The first-order valence-electron chi connectivity index (χ1n) is 3.78. The Labute approximate surface area is 62.6 Å². The van der Waals surface area contributed by atoms with Crippen molar-refractivity contribution in [1.82, 2.24) is 0 Å². The Morgan fingerprint density at radius 2 is 1.90 bits per heavy atom. The van der Waals surface area contributed by atoms with Crippen molar-refractivity contribution in [2.75, 3.05) is 0 Å². The summed E-state index contributed by atoms with van der Waals surface area (Å²) in [5, 5.41) is 0. The Hall–Kier alpha value is -0.530. The zero-order valence-corrected chi connectivity index (χ0v) is 7.18. The molecule has 0 spiro atoms. The zero-order chi connectivity index (χ0) is 8.15. The molecule has 0 amide bonds. The summed E-state index contributed by atoms with van der Waals surface area (Å²) in [6, 6.07) is 0. The normalized spacial score (nSPS) is 13.3. The minimum absolute atomic E-state index is 0.00556. The lowest BCUT2D eigenvalue weighted by atomic mass is 10.2. The van der Waals surface area contributed by atoms with E-state index in [-0.39, 0.29) is 18.0 Å². The molecule has 60 valence electrons. The van der Waals surface area contributed by atoms with Crippen molar-refractivity contribution in [2.45, 2.75) is 40.2 Å². The topological polar surface area (TPSA) is 26.3 Å². The molecule has 0 saturated carbocycles. The third-order valence-corrected chi connectivity index (χ3v) is 1.36. The molecule has 0 aromatic carbocycles. The van der Waals surface area contributed by atoms with Crippen LogP contribution in [0.2, 0.25) is 0 Å². The standard InChI is InChI=1S/C8H16O2/c1-5-7(4)10-8(9)6(2)3/h6-7H,5H2,1-4H3/t7-/m0/s1. The van der Waals surface area contributed by atoms with Gasteiger partial charge in [0, 0.05) is 0 Å². The van der Waals surface area contributed by atoms with Gasteiger partial charge in [-0.15, -0.1) is 0 Å². The highest BCUT2D eigenvalue weighted by Gasteiger charge is 2.10. The fraction of sp³-hybridized carbons (Fsp3) is 0.875. The first-order chi connectivity index (χ1) is 4.57. The summed E-state index contributed by atoms with van der Waals surface area (Å²) in [6.07, 6.45) is 0.952. The first kappa shape index (κ1) is 9.47. The maximum Gasteiger partial charge on any atom is 0.308 e. The molecular formula is C8H16O2. The molecular weight excluding hydrogens is 128 g/mol. The maximum atomic E-state index is 10.9. The first-order valence-corrected chi connectivity index (χ1v) is 3.78. The van der Waals surface area contributed by atoms with E-state index in [0.29, 0.717) is 0 Å². The molecule has 0 radical (unpaired) electrons. The van der Waals surface area contributed by atoms with Gasteiger partial charge in [0.1, 0.15) is 0 Å². The molecule has 0 aliphatic heterocycles. The summed E-state index contributed by atoms with van der Waals surface area (Å²) in [5.41, 5.74) is 0. The van der Waals surface area contributed by atoms with Crippen LogP contribution in [0.25, 0.3) is 0 Å². The van der Waals surface area contributed by atoms with Gasteiger partial charge in [-0.1, -0.05) is 20.8 Å². The Morgan fingerprint density at radius 1 is 1.40 bits per heavy atom. The fourth-order valence-electron chi connectivity index (χ4n) is 0.418. The molecule has 0 aromatic heterocycles. The van der Waals surface area contributed by atoms with Crippen LogP contribution in [0.15, 0.2) is 0 Å². The van der Waals surface area contributed by atoms with Gasteiger partial charge in [-0.05, 0) is 13.3 Å². The zero-order valence-electron chi connectivity index (χ0n) is 7.18. The van der Waals surface area contributed by atoms with Gasteiger partial charge >= 0.3 is 5.97 Å². The average molecular weight is 144 g/mol. The summed E-state index contributed by atoms with van der Waals surface area (Å²) in [4.78, 5) is 10.9. The molecule has 0 unspecified atom stereocenters. The monoisotopic (exact) mass is 144 g/mol. The molecule has 2 heteroatoms. The summed E-state index contributed by atoms with van der Waals surface area (Å²) in [7, 11) is 0. The van der Waals surface area contributed by atoms with Crippen molar-refractivity contribution in [3.63, 3.8) is 0 Å². The van der Waals surface area contributed by atoms with Crippen molar-refractivity contribution in [3.05, 3.63) is 0 Å². The Bertz CT molecular complexity index is 108. The van der Waals surface area contributed by atoms with E-state index in [1.165, 1.54) is 0 Å². The second kappa shape index (κ2) is 4.31. The molecule has 0 aromatic rings. The predicted molar refractivity (Wildman–Crippen MR) is 40.7 cm³/mol.